The summed E-state index contributed by atoms with van der Waals surface area (Å²) in [7, 11) is 0. The molecular weight excluding hydrogens is 285 g/mol. The number of benzene rings is 1. The molecule has 0 aliphatic rings. The molecule has 21 heavy (non-hydrogen) atoms. The molecular formula is C13H9F3N4O. The van der Waals surface area contributed by atoms with Crippen LogP contribution < -0.4 is 0 Å². The summed E-state index contributed by atoms with van der Waals surface area (Å²) in [5.74, 6) is -0.388. The van der Waals surface area contributed by atoms with Crippen molar-refractivity contribution in [2.75, 3.05) is 0 Å². The summed E-state index contributed by atoms with van der Waals surface area (Å²) in [6, 6.07) is 4.78. The van der Waals surface area contributed by atoms with Crippen molar-refractivity contribution in [2.45, 2.75) is 20.0 Å². The quantitative estimate of drug-likeness (QED) is 0.798. The molecule has 0 saturated carbocycles. The number of alkyl halides is 3. The van der Waals surface area contributed by atoms with Crippen molar-refractivity contribution in [3.05, 3.63) is 40.7 Å². The number of aromatic nitrogens is 3. The minimum Gasteiger partial charge on any atom is -0.293 e. The standard InChI is InChI=1S/C13H9F3N4O/c1-7-12(8(2)21)18-19-20(7)11-4-3-9(6-17)5-10(11)13(14,15)16/h3-5H,1-2H3. The molecule has 1 heterocycles. The van der Waals surface area contributed by atoms with Crippen molar-refractivity contribution in [2.24, 2.45) is 0 Å². The molecule has 0 spiro atoms. The highest BCUT2D eigenvalue weighted by Crippen LogP contribution is 2.34. The molecule has 0 aliphatic carbocycles. The van der Waals surface area contributed by atoms with E-state index >= 15 is 0 Å². The van der Waals surface area contributed by atoms with E-state index in [1.807, 2.05) is 0 Å². The fourth-order valence-corrected chi connectivity index (χ4v) is 1.90. The van der Waals surface area contributed by atoms with Gasteiger partial charge in [-0.2, -0.15) is 18.4 Å². The van der Waals surface area contributed by atoms with E-state index in [1.165, 1.54) is 19.9 Å². The highest BCUT2D eigenvalue weighted by atomic mass is 19.4. The smallest absolute Gasteiger partial charge is 0.293 e. The maximum atomic E-state index is 13.1. The Morgan fingerprint density at radius 2 is 2.05 bits per heavy atom. The zero-order chi connectivity index (χ0) is 15.8. The first-order chi connectivity index (χ1) is 9.75. The third-order valence-electron chi connectivity index (χ3n) is 2.89. The summed E-state index contributed by atoms with van der Waals surface area (Å²) >= 11 is 0. The second-order valence-corrected chi connectivity index (χ2v) is 4.33. The Bertz CT molecular complexity index is 756. The Hall–Kier alpha value is -2.69. The van der Waals surface area contributed by atoms with E-state index in [0.29, 0.717) is 0 Å². The third kappa shape index (κ3) is 2.63. The number of carbonyl (C=O) groups is 1. The monoisotopic (exact) mass is 294 g/mol. The Kier molecular flexibility index (Phi) is 3.51. The lowest BCUT2D eigenvalue weighted by molar-refractivity contribution is -0.137. The van der Waals surface area contributed by atoms with Gasteiger partial charge in [-0.25, -0.2) is 4.68 Å². The average molecular weight is 294 g/mol. The van der Waals surface area contributed by atoms with Crippen LogP contribution in [0.4, 0.5) is 13.2 Å². The summed E-state index contributed by atoms with van der Waals surface area (Å²) in [6.45, 7) is 2.71. The van der Waals surface area contributed by atoms with Gasteiger partial charge in [0, 0.05) is 6.92 Å². The van der Waals surface area contributed by atoms with Crippen LogP contribution >= 0.6 is 0 Å². The summed E-state index contributed by atoms with van der Waals surface area (Å²) in [5, 5.41) is 15.9. The molecule has 0 unspecified atom stereocenters. The summed E-state index contributed by atoms with van der Waals surface area (Å²) < 4.78 is 40.3. The Morgan fingerprint density at radius 3 is 2.52 bits per heavy atom. The molecule has 0 fully saturated rings. The van der Waals surface area contributed by atoms with E-state index < -0.39 is 11.7 Å². The fourth-order valence-electron chi connectivity index (χ4n) is 1.90. The largest absolute Gasteiger partial charge is 0.418 e. The van der Waals surface area contributed by atoms with E-state index in [9.17, 15) is 18.0 Å². The summed E-state index contributed by atoms with van der Waals surface area (Å²) in [5.41, 5.74) is -1.19. The van der Waals surface area contributed by atoms with Crippen LogP contribution in [0.5, 0.6) is 0 Å². The van der Waals surface area contributed by atoms with Crippen LogP contribution in [0.15, 0.2) is 18.2 Å². The SMILES string of the molecule is CC(=O)c1nnn(-c2ccc(C#N)cc2C(F)(F)F)c1C. The van der Waals surface area contributed by atoms with Gasteiger partial charge >= 0.3 is 6.18 Å². The van der Waals surface area contributed by atoms with Crippen LogP contribution in [-0.2, 0) is 6.18 Å². The Morgan fingerprint density at radius 1 is 1.38 bits per heavy atom. The molecule has 1 aromatic carbocycles. The van der Waals surface area contributed by atoms with Crippen LogP contribution in [0.25, 0.3) is 5.69 Å². The number of nitrogens with zero attached hydrogens (tertiary/aromatic N) is 4. The van der Waals surface area contributed by atoms with E-state index in [4.69, 9.17) is 5.26 Å². The first-order valence-corrected chi connectivity index (χ1v) is 5.80. The molecule has 108 valence electrons. The van der Waals surface area contributed by atoms with Crippen LogP contribution in [0.1, 0.15) is 34.2 Å². The summed E-state index contributed by atoms with van der Waals surface area (Å²) in [6.07, 6.45) is -4.66. The number of carbonyl (C=O) groups excluding carboxylic acids is 1. The van der Waals surface area contributed by atoms with Gasteiger partial charge in [0.15, 0.2) is 11.5 Å². The molecule has 0 bridgehead atoms. The number of ketones is 1. The van der Waals surface area contributed by atoms with E-state index in [2.05, 4.69) is 10.3 Å². The van der Waals surface area contributed by atoms with Crippen LogP contribution in [-0.4, -0.2) is 20.8 Å². The van der Waals surface area contributed by atoms with Crippen molar-refractivity contribution in [3.8, 4) is 11.8 Å². The lowest BCUT2D eigenvalue weighted by atomic mass is 10.1. The first kappa shape index (κ1) is 14.7. The van der Waals surface area contributed by atoms with E-state index in [-0.39, 0.29) is 28.4 Å². The number of hydrogen-bond acceptors (Lipinski definition) is 4. The predicted molar refractivity (Wildman–Crippen MR) is 65.8 cm³/mol. The van der Waals surface area contributed by atoms with E-state index in [1.54, 1.807) is 6.07 Å². The highest BCUT2D eigenvalue weighted by molar-refractivity contribution is 5.93. The van der Waals surface area contributed by atoms with Crippen LogP contribution in [0.3, 0.4) is 0 Å². The predicted octanol–water partition coefficient (Wildman–Crippen LogP) is 2.67. The third-order valence-corrected chi connectivity index (χ3v) is 2.89. The van der Waals surface area contributed by atoms with Gasteiger partial charge in [-0.1, -0.05) is 5.21 Å². The van der Waals surface area contributed by atoms with E-state index in [0.717, 1.165) is 16.8 Å². The minimum absolute atomic E-state index is 0.00693. The second kappa shape index (κ2) is 5.01. The number of rotatable bonds is 2. The Labute approximate surface area is 117 Å². The molecule has 0 atom stereocenters. The number of nitriles is 1. The maximum Gasteiger partial charge on any atom is 0.418 e. The van der Waals surface area contributed by atoms with Gasteiger partial charge < -0.3 is 0 Å². The van der Waals surface area contributed by atoms with Crippen LogP contribution in [0, 0.1) is 18.3 Å². The van der Waals surface area contributed by atoms with Gasteiger partial charge in [0.2, 0.25) is 0 Å². The fraction of sp³-hybridized carbons (Fsp3) is 0.231. The molecule has 5 nitrogen and oxygen atoms in total. The average Bonchev–Trinajstić information content (AvgIpc) is 2.79. The van der Waals surface area contributed by atoms with Crippen molar-refractivity contribution in [1.29, 1.82) is 5.26 Å². The topological polar surface area (TPSA) is 71.6 Å². The first-order valence-electron chi connectivity index (χ1n) is 5.80. The molecule has 2 rings (SSSR count). The molecule has 0 radical (unpaired) electrons. The zero-order valence-corrected chi connectivity index (χ0v) is 11.1. The van der Waals surface area contributed by atoms with Crippen molar-refractivity contribution in [3.63, 3.8) is 0 Å². The van der Waals surface area contributed by atoms with Crippen molar-refractivity contribution >= 4 is 5.78 Å². The summed E-state index contributed by atoms with van der Waals surface area (Å²) in [4.78, 5) is 11.3. The van der Waals surface area contributed by atoms with Gasteiger partial charge in [0.25, 0.3) is 0 Å². The Balaban J connectivity index is 2.70. The molecule has 1 aromatic heterocycles. The lowest BCUT2D eigenvalue weighted by Crippen LogP contribution is -2.13. The molecule has 0 amide bonds. The molecule has 2 aromatic rings. The maximum absolute atomic E-state index is 13.1. The molecule has 0 aliphatic heterocycles. The highest BCUT2D eigenvalue weighted by Gasteiger charge is 2.35. The molecule has 0 saturated heterocycles. The van der Waals surface area contributed by atoms with Gasteiger partial charge in [-0.05, 0) is 25.1 Å². The van der Waals surface area contributed by atoms with Gasteiger partial charge in [0.05, 0.1) is 28.6 Å². The second-order valence-electron chi connectivity index (χ2n) is 4.33. The van der Waals surface area contributed by atoms with Gasteiger partial charge in [0.1, 0.15) is 0 Å². The van der Waals surface area contributed by atoms with Crippen LogP contribution in [0.2, 0.25) is 0 Å². The number of halogens is 3. The molecule has 0 N–H and O–H groups in total. The van der Waals surface area contributed by atoms with Gasteiger partial charge in [-0.3, -0.25) is 4.79 Å². The lowest BCUT2D eigenvalue weighted by Gasteiger charge is -2.13. The zero-order valence-electron chi connectivity index (χ0n) is 11.1. The van der Waals surface area contributed by atoms with Crippen molar-refractivity contribution in [1.82, 2.24) is 15.0 Å². The number of Topliss-reactive ketones (excluding diaryl/α,β-unsaturated/α-hetero) is 1. The molecule has 8 heteroatoms. The van der Waals surface area contributed by atoms with Crippen molar-refractivity contribution < 1.29 is 18.0 Å². The minimum atomic E-state index is -4.66. The van der Waals surface area contributed by atoms with Gasteiger partial charge in [-0.15, -0.1) is 5.10 Å². The number of hydrogen-bond donors (Lipinski definition) is 0. The normalized spacial score (nSPS) is 11.2.